The Kier molecular flexibility index (Phi) is 5.28. The highest BCUT2D eigenvalue weighted by molar-refractivity contribution is 5.64. The summed E-state index contributed by atoms with van der Waals surface area (Å²) in [5.41, 5.74) is 4.30. The van der Waals surface area contributed by atoms with Gasteiger partial charge >= 0.3 is 0 Å². The summed E-state index contributed by atoms with van der Waals surface area (Å²) in [6, 6.07) is 16.6. The Labute approximate surface area is 150 Å². The van der Waals surface area contributed by atoms with Crippen molar-refractivity contribution in [2.45, 2.75) is 39.4 Å². The van der Waals surface area contributed by atoms with E-state index >= 15 is 0 Å². The summed E-state index contributed by atoms with van der Waals surface area (Å²) in [6.07, 6.45) is 1.09. The largest absolute Gasteiger partial charge is 0.392 e. The lowest BCUT2D eigenvalue weighted by molar-refractivity contribution is -0.176. The van der Waals surface area contributed by atoms with E-state index in [9.17, 15) is 0 Å². The Morgan fingerprint density at radius 1 is 1.00 bits per heavy atom. The van der Waals surface area contributed by atoms with Crippen LogP contribution in [0.3, 0.4) is 0 Å². The van der Waals surface area contributed by atoms with E-state index in [0.717, 1.165) is 37.4 Å². The fraction of sp³-hybridized carbons (Fsp3) is 0.455. The maximum Gasteiger partial charge on any atom is 0.0875 e. The highest BCUT2D eigenvalue weighted by atomic mass is 16.5. The van der Waals surface area contributed by atoms with Gasteiger partial charge in [-0.05, 0) is 42.5 Å². The number of aliphatic hydroxyl groups is 1. The molecular weight excluding hydrogens is 312 g/mol. The predicted molar refractivity (Wildman–Crippen MR) is 100 cm³/mol. The van der Waals surface area contributed by atoms with Crippen LogP contribution in [0.25, 0.3) is 11.1 Å². The van der Waals surface area contributed by atoms with Crippen molar-refractivity contribution < 1.29 is 14.6 Å². The van der Waals surface area contributed by atoms with Crippen molar-refractivity contribution >= 4 is 0 Å². The lowest BCUT2D eigenvalue weighted by atomic mass is 9.84. The van der Waals surface area contributed by atoms with Crippen LogP contribution in [0.1, 0.15) is 38.3 Å². The van der Waals surface area contributed by atoms with Gasteiger partial charge in [-0.3, -0.25) is 0 Å². The molecule has 2 aromatic rings. The molecule has 0 radical (unpaired) electrons. The van der Waals surface area contributed by atoms with Crippen LogP contribution in [0.15, 0.2) is 48.5 Å². The fourth-order valence-electron chi connectivity index (χ4n) is 3.06. The summed E-state index contributed by atoms with van der Waals surface area (Å²) in [7, 11) is 0. The molecule has 1 aliphatic heterocycles. The summed E-state index contributed by atoms with van der Waals surface area (Å²) >= 11 is 0. The molecule has 1 aliphatic rings. The quantitative estimate of drug-likeness (QED) is 0.805. The molecule has 0 saturated carbocycles. The molecule has 0 atom stereocenters. The van der Waals surface area contributed by atoms with E-state index in [4.69, 9.17) is 14.6 Å². The Balaban J connectivity index is 1.69. The Bertz CT molecular complexity index is 677. The summed E-state index contributed by atoms with van der Waals surface area (Å²) in [4.78, 5) is 0. The molecule has 1 N–H and O–H groups in total. The van der Waals surface area contributed by atoms with Gasteiger partial charge < -0.3 is 14.6 Å². The van der Waals surface area contributed by atoms with Crippen molar-refractivity contribution in [1.82, 2.24) is 0 Å². The van der Waals surface area contributed by atoms with Gasteiger partial charge in [-0.2, -0.15) is 0 Å². The Morgan fingerprint density at radius 2 is 1.56 bits per heavy atom. The molecule has 3 rings (SSSR count). The first-order valence-electron chi connectivity index (χ1n) is 9.00. The normalized spacial score (nSPS) is 16.5. The summed E-state index contributed by atoms with van der Waals surface area (Å²) in [5.74, 6) is 0. The predicted octanol–water partition coefficient (Wildman–Crippen LogP) is 4.52. The van der Waals surface area contributed by atoms with E-state index in [1.54, 1.807) is 0 Å². The second-order valence-corrected chi connectivity index (χ2v) is 7.58. The molecule has 3 heteroatoms. The Morgan fingerprint density at radius 3 is 2.00 bits per heavy atom. The fourth-order valence-corrected chi connectivity index (χ4v) is 3.06. The molecule has 1 heterocycles. The maximum atomic E-state index is 9.15. The highest BCUT2D eigenvalue weighted by Gasteiger charge is 2.39. The molecule has 0 aromatic heterocycles. The molecule has 0 unspecified atom stereocenters. The van der Waals surface area contributed by atoms with E-state index < -0.39 is 0 Å². The summed E-state index contributed by atoms with van der Waals surface area (Å²) in [5, 5.41) is 9.15. The van der Waals surface area contributed by atoms with Gasteiger partial charge in [-0.15, -0.1) is 0 Å². The van der Waals surface area contributed by atoms with Gasteiger partial charge in [0.2, 0.25) is 0 Å². The van der Waals surface area contributed by atoms with Crippen molar-refractivity contribution in [3.8, 4) is 11.1 Å². The maximum absolute atomic E-state index is 9.15. The third-order valence-corrected chi connectivity index (χ3v) is 5.36. The van der Waals surface area contributed by atoms with Gasteiger partial charge in [-0.25, -0.2) is 0 Å². The molecule has 0 spiro atoms. The van der Waals surface area contributed by atoms with Gasteiger partial charge in [0.25, 0.3) is 0 Å². The van der Waals surface area contributed by atoms with E-state index in [0.29, 0.717) is 0 Å². The first kappa shape index (κ1) is 18.1. The van der Waals surface area contributed by atoms with Gasteiger partial charge in [0.15, 0.2) is 0 Å². The molecule has 2 aromatic carbocycles. The number of rotatable bonds is 7. The summed E-state index contributed by atoms with van der Waals surface area (Å²) in [6.45, 7) is 8.89. The van der Waals surface area contributed by atoms with Crippen molar-refractivity contribution in [1.29, 1.82) is 0 Å². The van der Waals surface area contributed by atoms with Crippen LogP contribution in [-0.2, 0) is 21.7 Å². The van der Waals surface area contributed by atoms with Crippen molar-refractivity contribution in [2.24, 2.45) is 5.41 Å². The van der Waals surface area contributed by atoms with Crippen molar-refractivity contribution in [3.63, 3.8) is 0 Å². The zero-order chi connectivity index (χ0) is 17.9. The zero-order valence-electron chi connectivity index (χ0n) is 15.4. The SMILES string of the molecule is CCC1(COC(C)(C)c2ccc(-c3ccc(CO)cc3)cc2)COC1. The van der Waals surface area contributed by atoms with Crippen LogP contribution in [0.4, 0.5) is 0 Å². The van der Waals surface area contributed by atoms with Gasteiger partial charge in [0, 0.05) is 5.41 Å². The molecule has 3 nitrogen and oxygen atoms in total. The lowest BCUT2D eigenvalue weighted by Gasteiger charge is -2.42. The number of hydrogen-bond acceptors (Lipinski definition) is 3. The van der Waals surface area contributed by atoms with E-state index in [-0.39, 0.29) is 17.6 Å². The average Bonchev–Trinajstić information content (AvgIpc) is 2.61. The number of hydrogen-bond donors (Lipinski definition) is 1. The molecule has 134 valence electrons. The van der Waals surface area contributed by atoms with Crippen LogP contribution in [0.5, 0.6) is 0 Å². The number of ether oxygens (including phenoxy) is 2. The molecule has 25 heavy (non-hydrogen) atoms. The minimum atomic E-state index is -0.322. The first-order valence-corrected chi connectivity index (χ1v) is 9.00. The lowest BCUT2D eigenvalue weighted by Crippen LogP contribution is -2.47. The van der Waals surface area contributed by atoms with E-state index in [1.807, 2.05) is 24.3 Å². The molecule has 1 saturated heterocycles. The number of aliphatic hydroxyl groups excluding tert-OH is 1. The average molecular weight is 340 g/mol. The van der Waals surface area contributed by atoms with Crippen molar-refractivity contribution in [2.75, 3.05) is 19.8 Å². The third kappa shape index (κ3) is 3.95. The number of benzene rings is 2. The monoisotopic (exact) mass is 340 g/mol. The smallest absolute Gasteiger partial charge is 0.0875 e. The zero-order valence-corrected chi connectivity index (χ0v) is 15.4. The molecule has 0 aliphatic carbocycles. The van der Waals surface area contributed by atoms with Crippen LogP contribution < -0.4 is 0 Å². The first-order chi connectivity index (χ1) is 12.0. The van der Waals surface area contributed by atoms with Crippen LogP contribution >= 0.6 is 0 Å². The van der Waals surface area contributed by atoms with Gasteiger partial charge in [0.1, 0.15) is 0 Å². The van der Waals surface area contributed by atoms with E-state index in [1.165, 1.54) is 11.1 Å². The van der Waals surface area contributed by atoms with Crippen LogP contribution in [0, 0.1) is 5.41 Å². The minimum absolute atomic E-state index is 0.0784. The second kappa shape index (κ2) is 7.28. The minimum Gasteiger partial charge on any atom is -0.392 e. The van der Waals surface area contributed by atoms with Gasteiger partial charge in [0.05, 0.1) is 32.0 Å². The van der Waals surface area contributed by atoms with E-state index in [2.05, 4.69) is 45.0 Å². The molecular formula is C22H28O3. The summed E-state index contributed by atoms with van der Waals surface area (Å²) < 4.78 is 11.7. The highest BCUT2D eigenvalue weighted by Crippen LogP contribution is 2.35. The molecule has 0 bridgehead atoms. The second-order valence-electron chi connectivity index (χ2n) is 7.58. The van der Waals surface area contributed by atoms with Crippen LogP contribution in [-0.4, -0.2) is 24.9 Å². The van der Waals surface area contributed by atoms with Crippen LogP contribution in [0.2, 0.25) is 0 Å². The third-order valence-electron chi connectivity index (χ3n) is 5.36. The molecule has 1 fully saturated rings. The van der Waals surface area contributed by atoms with Gasteiger partial charge in [-0.1, -0.05) is 55.5 Å². The molecule has 0 amide bonds. The Hall–Kier alpha value is -1.68. The topological polar surface area (TPSA) is 38.7 Å². The van der Waals surface area contributed by atoms with Crippen molar-refractivity contribution in [3.05, 3.63) is 59.7 Å². The standard InChI is InChI=1S/C22H28O3/c1-4-22(14-24-15-22)16-25-21(2,3)20-11-9-19(10-12-20)18-7-5-17(13-23)6-8-18/h5-12,23H,4,13-16H2,1-3H3.